The van der Waals surface area contributed by atoms with E-state index in [0.717, 1.165) is 31.7 Å². The van der Waals surface area contributed by atoms with E-state index in [1.54, 1.807) is 0 Å². The Kier molecular flexibility index (Phi) is 5.00. The van der Waals surface area contributed by atoms with E-state index in [4.69, 9.17) is 0 Å². The highest BCUT2D eigenvalue weighted by atomic mass is 16.6. The number of aromatic hydroxyl groups is 1. The molecule has 1 fully saturated rings. The lowest BCUT2D eigenvalue weighted by Gasteiger charge is -2.37. The van der Waals surface area contributed by atoms with Gasteiger partial charge in [0.05, 0.1) is 4.92 Å². The largest absolute Gasteiger partial charge is 0.502 e. The molecule has 0 atom stereocenters. The summed E-state index contributed by atoms with van der Waals surface area (Å²) in [6.45, 7) is 3.92. The molecule has 0 radical (unpaired) electrons. The number of carbonyl (C=O) groups is 1. The van der Waals surface area contributed by atoms with Crippen LogP contribution in [0.15, 0.2) is 18.2 Å². The zero-order valence-electron chi connectivity index (χ0n) is 13.0. The summed E-state index contributed by atoms with van der Waals surface area (Å²) >= 11 is 0. The molecule has 0 aromatic heterocycles. The van der Waals surface area contributed by atoms with Gasteiger partial charge in [-0.05, 0) is 38.8 Å². The lowest BCUT2D eigenvalue weighted by molar-refractivity contribution is -0.385. The Morgan fingerprint density at radius 3 is 2.50 bits per heavy atom. The summed E-state index contributed by atoms with van der Waals surface area (Å²) in [7, 11) is 0. The molecule has 0 bridgehead atoms. The first-order chi connectivity index (χ1) is 10.4. The van der Waals surface area contributed by atoms with E-state index in [9.17, 15) is 20.0 Å². The van der Waals surface area contributed by atoms with Crippen molar-refractivity contribution in [3.8, 4) is 5.75 Å². The van der Waals surface area contributed by atoms with Crippen molar-refractivity contribution in [3.63, 3.8) is 0 Å². The molecule has 1 aromatic rings. The lowest BCUT2D eigenvalue weighted by Crippen LogP contribution is -2.45. The van der Waals surface area contributed by atoms with Gasteiger partial charge in [0.25, 0.3) is 5.91 Å². The molecule has 0 aliphatic heterocycles. The van der Waals surface area contributed by atoms with Crippen LogP contribution >= 0.6 is 0 Å². The molecule has 6 nitrogen and oxygen atoms in total. The number of phenols is 1. The first-order valence-electron chi connectivity index (χ1n) is 7.72. The van der Waals surface area contributed by atoms with Gasteiger partial charge in [-0.2, -0.15) is 0 Å². The molecule has 1 saturated carbocycles. The van der Waals surface area contributed by atoms with Gasteiger partial charge in [0.2, 0.25) is 0 Å². The fraction of sp³-hybridized carbons (Fsp3) is 0.562. The number of benzene rings is 1. The number of hydrogen-bond donors (Lipinski definition) is 1. The summed E-state index contributed by atoms with van der Waals surface area (Å²) in [5.74, 6) is -0.625. The maximum Gasteiger partial charge on any atom is 0.311 e. The van der Waals surface area contributed by atoms with E-state index < -0.39 is 16.4 Å². The van der Waals surface area contributed by atoms with Gasteiger partial charge in [-0.3, -0.25) is 14.9 Å². The van der Waals surface area contributed by atoms with Gasteiger partial charge < -0.3 is 10.0 Å². The average Bonchev–Trinajstić information content (AvgIpc) is 2.48. The van der Waals surface area contributed by atoms with Crippen LogP contribution in [0.2, 0.25) is 0 Å². The molecule has 0 heterocycles. The summed E-state index contributed by atoms with van der Waals surface area (Å²) in [4.78, 5) is 24.9. The minimum atomic E-state index is -0.674. The number of carbonyl (C=O) groups excluding carboxylic acids is 1. The second-order valence-electron chi connectivity index (χ2n) is 6.06. The van der Waals surface area contributed by atoms with Crippen molar-refractivity contribution in [3.05, 3.63) is 33.9 Å². The quantitative estimate of drug-likeness (QED) is 0.681. The third kappa shape index (κ3) is 3.37. The summed E-state index contributed by atoms with van der Waals surface area (Å²) in [6, 6.07) is 4.04. The molecule has 2 rings (SSSR count). The van der Waals surface area contributed by atoms with Gasteiger partial charge in [-0.15, -0.1) is 0 Å². The van der Waals surface area contributed by atoms with Crippen LogP contribution in [-0.2, 0) is 0 Å². The molecular weight excluding hydrogens is 284 g/mol. The van der Waals surface area contributed by atoms with Gasteiger partial charge in [0, 0.05) is 23.7 Å². The van der Waals surface area contributed by atoms with Crippen LogP contribution in [0, 0.1) is 10.1 Å². The SMILES string of the molecule is CC(C)N(C(=O)c1ccc(O)c([N+](=O)[O-])c1)C1CCCCC1. The van der Waals surface area contributed by atoms with E-state index in [1.807, 2.05) is 18.7 Å². The normalized spacial score (nSPS) is 15.8. The molecule has 0 spiro atoms. The van der Waals surface area contributed by atoms with Crippen LogP contribution in [0.3, 0.4) is 0 Å². The van der Waals surface area contributed by atoms with Crippen molar-refractivity contribution in [1.29, 1.82) is 0 Å². The predicted octanol–water partition coefficient (Wildman–Crippen LogP) is 3.48. The van der Waals surface area contributed by atoms with Crippen LogP contribution in [0.4, 0.5) is 5.69 Å². The molecule has 1 aliphatic rings. The topological polar surface area (TPSA) is 83.7 Å². The first-order valence-corrected chi connectivity index (χ1v) is 7.72. The monoisotopic (exact) mass is 306 g/mol. The Morgan fingerprint density at radius 2 is 1.95 bits per heavy atom. The number of nitro groups is 1. The summed E-state index contributed by atoms with van der Waals surface area (Å²) in [5, 5.41) is 20.4. The summed E-state index contributed by atoms with van der Waals surface area (Å²) in [6.07, 6.45) is 5.36. The van der Waals surface area contributed by atoms with Crippen LogP contribution in [0.5, 0.6) is 5.75 Å². The Labute approximate surface area is 129 Å². The van der Waals surface area contributed by atoms with Crippen molar-refractivity contribution >= 4 is 11.6 Å². The number of rotatable bonds is 4. The van der Waals surface area contributed by atoms with E-state index in [-0.39, 0.29) is 23.6 Å². The maximum absolute atomic E-state index is 12.8. The Balaban J connectivity index is 2.30. The zero-order chi connectivity index (χ0) is 16.3. The molecular formula is C16H22N2O4. The van der Waals surface area contributed by atoms with Crippen molar-refractivity contribution in [2.45, 2.75) is 58.0 Å². The molecule has 0 saturated heterocycles. The lowest BCUT2D eigenvalue weighted by atomic mass is 9.92. The van der Waals surface area contributed by atoms with Crippen LogP contribution < -0.4 is 0 Å². The van der Waals surface area contributed by atoms with E-state index in [0.29, 0.717) is 0 Å². The molecule has 1 N–H and O–H groups in total. The molecule has 6 heteroatoms. The second-order valence-corrected chi connectivity index (χ2v) is 6.06. The fourth-order valence-electron chi connectivity index (χ4n) is 3.13. The van der Waals surface area contributed by atoms with Gasteiger partial charge in [-0.25, -0.2) is 0 Å². The molecule has 120 valence electrons. The van der Waals surface area contributed by atoms with E-state index in [1.165, 1.54) is 18.6 Å². The number of nitro benzene ring substituents is 1. The van der Waals surface area contributed by atoms with Crippen molar-refractivity contribution in [2.75, 3.05) is 0 Å². The highest BCUT2D eigenvalue weighted by Gasteiger charge is 2.29. The highest BCUT2D eigenvalue weighted by molar-refractivity contribution is 5.95. The Morgan fingerprint density at radius 1 is 1.32 bits per heavy atom. The minimum Gasteiger partial charge on any atom is -0.502 e. The van der Waals surface area contributed by atoms with Crippen LogP contribution in [-0.4, -0.2) is 32.9 Å². The third-order valence-corrected chi connectivity index (χ3v) is 4.18. The minimum absolute atomic E-state index is 0.0310. The predicted molar refractivity (Wildman–Crippen MR) is 82.9 cm³/mol. The van der Waals surface area contributed by atoms with Gasteiger partial charge in [0.15, 0.2) is 5.75 Å². The van der Waals surface area contributed by atoms with Crippen molar-refractivity contribution in [1.82, 2.24) is 4.90 Å². The maximum atomic E-state index is 12.8. The third-order valence-electron chi connectivity index (χ3n) is 4.18. The van der Waals surface area contributed by atoms with Gasteiger partial charge in [-0.1, -0.05) is 19.3 Å². The van der Waals surface area contributed by atoms with Gasteiger partial charge in [0.1, 0.15) is 0 Å². The Bertz CT molecular complexity index is 565. The van der Waals surface area contributed by atoms with Crippen LogP contribution in [0.25, 0.3) is 0 Å². The highest BCUT2D eigenvalue weighted by Crippen LogP contribution is 2.29. The number of amides is 1. The Hall–Kier alpha value is -2.11. The summed E-state index contributed by atoms with van der Waals surface area (Å²) in [5.41, 5.74) is -0.179. The molecule has 0 unspecified atom stereocenters. The second kappa shape index (κ2) is 6.77. The van der Waals surface area contributed by atoms with E-state index >= 15 is 0 Å². The number of phenolic OH excluding ortho intramolecular Hbond substituents is 1. The average molecular weight is 306 g/mol. The van der Waals surface area contributed by atoms with Crippen molar-refractivity contribution < 1.29 is 14.8 Å². The number of hydrogen-bond acceptors (Lipinski definition) is 4. The molecule has 1 aromatic carbocycles. The molecule has 1 aliphatic carbocycles. The zero-order valence-corrected chi connectivity index (χ0v) is 13.0. The standard InChI is InChI=1S/C16H22N2O4/c1-11(2)17(13-6-4-3-5-7-13)16(20)12-8-9-15(19)14(10-12)18(21)22/h8-11,13,19H,3-7H2,1-2H3. The molecule has 22 heavy (non-hydrogen) atoms. The summed E-state index contributed by atoms with van der Waals surface area (Å²) < 4.78 is 0. The van der Waals surface area contributed by atoms with Crippen LogP contribution in [0.1, 0.15) is 56.3 Å². The van der Waals surface area contributed by atoms with Gasteiger partial charge >= 0.3 is 5.69 Å². The van der Waals surface area contributed by atoms with E-state index in [2.05, 4.69) is 0 Å². The fourth-order valence-corrected chi connectivity index (χ4v) is 3.13. The molecule has 1 amide bonds. The first kappa shape index (κ1) is 16.3. The van der Waals surface area contributed by atoms with Crippen molar-refractivity contribution in [2.24, 2.45) is 0 Å². The number of nitrogens with zero attached hydrogens (tertiary/aromatic N) is 2. The smallest absolute Gasteiger partial charge is 0.311 e.